The van der Waals surface area contributed by atoms with Crippen LogP contribution in [0.2, 0.25) is 0 Å². The topological polar surface area (TPSA) is 106 Å². The number of carbonyl (C=O) groups is 3. The Morgan fingerprint density at radius 1 is 0.810 bits per heavy atom. The van der Waals surface area contributed by atoms with Crippen LogP contribution in [-0.4, -0.2) is 37.7 Å². The maximum atomic E-state index is 13.4. The lowest BCUT2D eigenvalue weighted by molar-refractivity contribution is -0.114. The van der Waals surface area contributed by atoms with Crippen molar-refractivity contribution in [3.05, 3.63) is 118 Å². The molecule has 0 atom stereocenters. The van der Waals surface area contributed by atoms with Crippen LogP contribution in [0.25, 0.3) is 6.08 Å². The van der Waals surface area contributed by atoms with Gasteiger partial charge < -0.3 is 25.4 Å². The quantitative estimate of drug-likeness (QED) is 0.125. The second kappa shape index (κ2) is 14.9. The molecule has 0 heterocycles. The van der Waals surface area contributed by atoms with Crippen molar-refractivity contribution in [1.82, 2.24) is 5.32 Å². The van der Waals surface area contributed by atoms with Gasteiger partial charge in [0.05, 0.1) is 20.0 Å². The van der Waals surface area contributed by atoms with Gasteiger partial charge in [-0.15, -0.1) is 11.8 Å². The fourth-order valence-electron chi connectivity index (χ4n) is 3.76. The zero-order chi connectivity index (χ0) is 29.9. The van der Waals surface area contributed by atoms with Gasteiger partial charge in [0.1, 0.15) is 17.2 Å². The van der Waals surface area contributed by atoms with E-state index in [-0.39, 0.29) is 17.4 Å². The zero-order valence-corrected chi connectivity index (χ0v) is 25.3. The molecule has 0 fully saturated rings. The highest BCUT2D eigenvalue weighted by Gasteiger charge is 2.17. The van der Waals surface area contributed by atoms with Gasteiger partial charge in [0.15, 0.2) is 0 Å². The van der Waals surface area contributed by atoms with Gasteiger partial charge in [-0.05, 0) is 84.9 Å². The number of amides is 3. The summed E-state index contributed by atoms with van der Waals surface area (Å²) < 4.78 is 11.7. The van der Waals surface area contributed by atoms with E-state index in [1.807, 2.05) is 36.4 Å². The van der Waals surface area contributed by atoms with Gasteiger partial charge >= 0.3 is 0 Å². The number of carbonyl (C=O) groups excluding carboxylic acids is 3. The van der Waals surface area contributed by atoms with Crippen molar-refractivity contribution in [2.45, 2.75) is 4.90 Å². The fraction of sp³-hybridized carbons (Fsp3) is 0.0938. The molecule has 0 radical (unpaired) electrons. The third-order valence-corrected chi connectivity index (χ3v) is 7.42. The molecule has 0 saturated carbocycles. The van der Waals surface area contributed by atoms with Crippen LogP contribution in [0.15, 0.2) is 112 Å². The molecule has 0 spiro atoms. The second-order valence-electron chi connectivity index (χ2n) is 8.81. The molecule has 10 heteroatoms. The molecule has 0 saturated heterocycles. The van der Waals surface area contributed by atoms with Crippen LogP contribution in [0.5, 0.6) is 11.5 Å². The molecule has 3 N–H and O–H groups in total. The molecule has 4 aromatic rings. The summed E-state index contributed by atoms with van der Waals surface area (Å²) in [5, 5.41) is 8.41. The molecule has 0 aliphatic carbocycles. The summed E-state index contributed by atoms with van der Waals surface area (Å²) in [6, 6.07) is 28.2. The molecule has 4 aromatic carbocycles. The summed E-state index contributed by atoms with van der Waals surface area (Å²) in [5.74, 6) is 0.195. The van der Waals surface area contributed by atoms with E-state index >= 15 is 0 Å². The molecule has 3 amide bonds. The third kappa shape index (κ3) is 8.73. The average molecular weight is 647 g/mol. The molecule has 0 aromatic heterocycles. The second-order valence-corrected chi connectivity index (χ2v) is 10.8. The predicted molar refractivity (Wildman–Crippen MR) is 170 cm³/mol. The highest BCUT2D eigenvalue weighted by molar-refractivity contribution is 9.10. The Kier molecular flexibility index (Phi) is 10.8. The lowest BCUT2D eigenvalue weighted by Crippen LogP contribution is -2.30. The first-order chi connectivity index (χ1) is 20.3. The van der Waals surface area contributed by atoms with Crippen LogP contribution in [0.4, 0.5) is 11.4 Å². The molecule has 0 bridgehead atoms. The third-order valence-electron chi connectivity index (χ3n) is 5.88. The van der Waals surface area contributed by atoms with Crippen molar-refractivity contribution in [2.24, 2.45) is 0 Å². The summed E-state index contributed by atoms with van der Waals surface area (Å²) in [6.07, 6.45) is 1.53. The molecule has 8 nitrogen and oxygen atoms in total. The van der Waals surface area contributed by atoms with Gasteiger partial charge in [0.25, 0.3) is 11.8 Å². The van der Waals surface area contributed by atoms with Crippen LogP contribution < -0.4 is 25.4 Å². The summed E-state index contributed by atoms with van der Waals surface area (Å²) in [6.45, 7) is 0. The van der Waals surface area contributed by atoms with E-state index < -0.39 is 11.8 Å². The van der Waals surface area contributed by atoms with Crippen LogP contribution in [-0.2, 0) is 9.59 Å². The van der Waals surface area contributed by atoms with E-state index in [0.29, 0.717) is 28.3 Å². The van der Waals surface area contributed by atoms with Gasteiger partial charge in [-0.2, -0.15) is 0 Å². The number of rotatable bonds is 11. The highest BCUT2D eigenvalue weighted by Crippen LogP contribution is 2.27. The SMILES string of the molecule is COc1ccc(OC)c(/C=C(\NC(=O)c2ccccc2)C(=O)Nc2ccc(SCC(=O)Nc3ccc(Br)cc3)cc2)c1. The van der Waals surface area contributed by atoms with Gasteiger partial charge in [0, 0.05) is 31.9 Å². The maximum Gasteiger partial charge on any atom is 0.272 e. The Balaban J connectivity index is 1.46. The van der Waals surface area contributed by atoms with E-state index in [4.69, 9.17) is 9.47 Å². The minimum absolute atomic E-state index is 0.0125. The Morgan fingerprint density at radius 3 is 2.14 bits per heavy atom. The van der Waals surface area contributed by atoms with Crippen LogP contribution >= 0.6 is 27.7 Å². The smallest absolute Gasteiger partial charge is 0.272 e. The van der Waals surface area contributed by atoms with Gasteiger partial charge in [-0.3, -0.25) is 14.4 Å². The van der Waals surface area contributed by atoms with Crippen LogP contribution in [0.3, 0.4) is 0 Å². The molecule has 0 unspecified atom stereocenters. The van der Waals surface area contributed by atoms with Crippen LogP contribution in [0.1, 0.15) is 15.9 Å². The van der Waals surface area contributed by atoms with Crippen molar-refractivity contribution in [3.63, 3.8) is 0 Å². The molecular formula is C32H28BrN3O5S. The number of methoxy groups -OCH3 is 2. The first kappa shape index (κ1) is 30.4. The summed E-state index contributed by atoms with van der Waals surface area (Å²) in [4.78, 5) is 39.5. The van der Waals surface area contributed by atoms with Crippen molar-refractivity contribution in [3.8, 4) is 11.5 Å². The van der Waals surface area contributed by atoms with Crippen molar-refractivity contribution in [2.75, 3.05) is 30.6 Å². The van der Waals surface area contributed by atoms with E-state index in [1.165, 1.54) is 32.1 Å². The fourth-order valence-corrected chi connectivity index (χ4v) is 4.73. The lowest BCUT2D eigenvalue weighted by Gasteiger charge is -2.13. The van der Waals surface area contributed by atoms with Gasteiger partial charge in [-0.25, -0.2) is 0 Å². The Labute approximate surface area is 256 Å². The standard InChI is InChI=1S/C32H28BrN3O5S/c1-40-26-14-17-29(41-2)22(18-26)19-28(36-31(38)21-6-4-3-5-7-21)32(39)35-25-12-15-27(16-13-25)42-20-30(37)34-24-10-8-23(33)9-11-24/h3-19H,20H2,1-2H3,(H,34,37)(H,35,39)(H,36,38)/b28-19-. The van der Waals surface area contributed by atoms with E-state index in [1.54, 1.807) is 60.7 Å². The largest absolute Gasteiger partial charge is 0.497 e. The number of hydrogen-bond acceptors (Lipinski definition) is 6. The number of hydrogen-bond donors (Lipinski definition) is 3. The number of nitrogens with one attached hydrogen (secondary N) is 3. The zero-order valence-electron chi connectivity index (χ0n) is 22.8. The molecule has 42 heavy (non-hydrogen) atoms. The van der Waals surface area contributed by atoms with E-state index in [9.17, 15) is 14.4 Å². The van der Waals surface area contributed by atoms with E-state index in [0.717, 1.165) is 15.1 Å². The maximum absolute atomic E-state index is 13.4. The minimum Gasteiger partial charge on any atom is -0.497 e. The predicted octanol–water partition coefficient (Wildman–Crippen LogP) is 6.61. The highest BCUT2D eigenvalue weighted by atomic mass is 79.9. The lowest BCUT2D eigenvalue weighted by atomic mass is 10.1. The number of benzene rings is 4. The van der Waals surface area contributed by atoms with E-state index in [2.05, 4.69) is 31.9 Å². The Hall–Kier alpha value is -4.54. The normalized spacial score (nSPS) is 10.9. The van der Waals surface area contributed by atoms with Gasteiger partial charge in [0.2, 0.25) is 5.91 Å². The number of thioether (sulfide) groups is 1. The number of anilines is 2. The number of ether oxygens (including phenoxy) is 2. The molecule has 214 valence electrons. The molecular weight excluding hydrogens is 618 g/mol. The summed E-state index contributed by atoms with van der Waals surface area (Å²) >= 11 is 4.75. The van der Waals surface area contributed by atoms with Crippen LogP contribution in [0, 0.1) is 0 Å². The Morgan fingerprint density at radius 2 is 1.48 bits per heavy atom. The monoisotopic (exact) mass is 645 g/mol. The van der Waals surface area contributed by atoms with Gasteiger partial charge in [-0.1, -0.05) is 34.1 Å². The first-order valence-corrected chi connectivity index (χ1v) is 14.5. The Bertz CT molecular complexity index is 1580. The molecule has 4 rings (SSSR count). The average Bonchev–Trinajstić information content (AvgIpc) is 3.01. The first-order valence-electron chi connectivity index (χ1n) is 12.7. The minimum atomic E-state index is -0.529. The van der Waals surface area contributed by atoms with Crippen molar-refractivity contribution >= 4 is 62.9 Å². The summed E-state index contributed by atoms with van der Waals surface area (Å²) in [7, 11) is 3.06. The molecule has 0 aliphatic heterocycles. The summed E-state index contributed by atoms with van der Waals surface area (Å²) in [5.41, 5.74) is 2.19. The van der Waals surface area contributed by atoms with Crippen molar-refractivity contribution in [1.29, 1.82) is 0 Å². The molecule has 0 aliphatic rings. The number of halogens is 1. The van der Waals surface area contributed by atoms with Crippen molar-refractivity contribution < 1.29 is 23.9 Å².